The number of nitrogen functional groups attached to an aromatic ring is 1. The fraction of sp³-hybridized carbons (Fsp3) is 0.500. The lowest BCUT2D eigenvalue weighted by molar-refractivity contribution is 0.112. The third-order valence-corrected chi connectivity index (χ3v) is 3.33. The van der Waals surface area contributed by atoms with Crippen molar-refractivity contribution in [2.45, 2.75) is 32.8 Å². The van der Waals surface area contributed by atoms with Crippen molar-refractivity contribution in [3.8, 4) is 0 Å². The normalized spacial score (nSPS) is 11.1. The molecule has 0 unspecified atom stereocenters. The molecule has 0 bridgehead atoms. The van der Waals surface area contributed by atoms with Gasteiger partial charge in [0.1, 0.15) is 17.3 Å². The number of nitrogens with two attached hydrogens (primary N) is 1. The van der Waals surface area contributed by atoms with E-state index in [-0.39, 0.29) is 0 Å². The Kier molecular flexibility index (Phi) is 4.28. The Hall–Kier alpha value is -1.20. The molecule has 0 radical (unpaired) electrons. The summed E-state index contributed by atoms with van der Waals surface area (Å²) in [5.74, 6) is 1.22. The summed E-state index contributed by atoms with van der Waals surface area (Å²) in [5, 5.41) is 2.91. The Bertz CT molecular complexity index is 484. The molecule has 0 aliphatic rings. The van der Waals surface area contributed by atoms with E-state index < -0.39 is 0 Å². The number of fused-ring (bicyclic) bond motifs is 1. The van der Waals surface area contributed by atoms with E-state index >= 15 is 0 Å². The monoisotopic (exact) mass is 251 g/mol. The Morgan fingerprint density at radius 2 is 2.24 bits per heavy atom. The summed E-state index contributed by atoms with van der Waals surface area (Å²) < 4.78 is 5.53. The summed E-state index contributed by atoms with van der Waals surface area (Å²) in [6, 6.07) is 1.95. The van der Waals surface area contributed by atoms with Crippen molar-refractivity contribution in [2.75, 3.05) is 12.3 Å². The predicted molar refractivity (Wildman–Crippen MR) is 71.0 cm³/mol. The summed E-state index contributed by atoms with van der Waals surface area (Å²) in [6.07, 6.45) is 3.49. The van der Waals surface area contributed by atoms with Crippen LogP contribution in [0.5, 0.6) is 0 Å². The molecule has 0 spiro atoms. The van der Waals surface area contributed by atoms with Crippen molar-refractivity contribution in [1.82, 2.24) is 9.97 Å². The topological polar surface area (TPSA) is 61.0 Å². The highest BCUT2D eigenvalue weighted by Gasteiger charge is 2.05. The molecule has 0 aliphatic carbocycles. The zero-order valence-electron chi connectivity index (χ0n) is 9.98. The van der Waals surface area contributed by atoms with Crippen LogP contribution in [0.4, 0.5) is 5.82 Å². The first kappa shape index (κ1) is 12.3. The maximum atomic E-state index is 5.85. The number of anilines is 1. The van der Waals surface area contributed by atoms with Crippen molar-refractivity contribution in [3.63, 3.8) is 0 Å². The molecule has 2 N–H and O–H groups in total. The van der Waals surface area contributed by atoms with Crippen LogP contribution in [0.3, 0.4) is 0 Å². The van der Waals surface area contributed by atoms with Crippen LogP contribution in [0.25, 0.3) is 10.2 Å². The minimum atomic E-state index is 0.446. The molecule has 0 saturated heterocycles. The maximum absolute atomic E-state index is 5.85. The number of ether oxygens (including phenoxy) is 1. The van der Waals surface area contributed by atoms with Crippen LogP contribution >= 0.6 is 11.3 Å². The first-order valence-electron chi connectivity index (χ1n) is 5.88. The van der Waals surface area contributed by atoms with Gasteiger partial charge in [-0.05, 0) is 17.9 Å². The van der Waals surface area contributed by atoms with Gasteiger partial charge in [0, 0.05) is 6.61 Å². The standard InChI is InChI=1S/C12H17N3OS/c1-2-3-4-6-16-8-10-14-11(13)9-5-7-17-12(9)15-10/h5,7H,2-4,6,8H2,1H3,(H2,13,14,15). The van der Waals surface area contributed by atoms with Crippen LogP contribution in [0.2, 0.25) is 0 Å². The fourth-order valence-electron chi connectivity index (χ4n) is 1.61. The number of thiophene rings is 1. The molecule has 0 amide bonds. The molecule has 0 atom stereocenters. The molecule has 17 heavy (non-hydrogen) atoms. The Morgan fingerprint density at radius 1 is 1.35 bits per heavy atom. The minimum absolute atomic E-state index is 0.446. The van der Waals surface area contributed by atoms with Crippen molar-refractivity contribution in [2.24, 2.45) is 0 Å². The number of unbranched alkanes of at least 4 members (excludes halogenated alkanes) is 2. The minimum Gasteiger partial charge on any atom is -0.383 e. The summed E-state index contributed by atoms with van der Waals surface area (Å²) in [5.41, 5.74) is 5.85. The number of hydrogen-bond acceptors (Lipinski definition) is 5. The predicted octanol–water partition coefficient (Wildman–Crippen LogP) is 2.98. The average molecular weight is 251 g/mol. The Balaban J connectivity index is 1.94. The highest BCUT2D eigenvalue weighted by Crippen LogP contribution is 2.22. The van der Waals surface area contributed by atoms with Crippen molar-refractivity contribution in [3.05, 3.63) is 17.3 Å². The highest BCUT2D eigenvalue weighted by atomic mass is 32.1. The van der Waals surface area contributed by atoms with Gasteiger partial charge in [-0.3, -0.25) is 0 Å². The van der Waals surface area contributed by atoms with Crippen LogP contribution in [0, 0.1) is 0 Å². The SMILES string of the molecule is CCCCCOCc1nc(N)c2ccsc2n1. The van der Waals surface area contributed by atoms with Crippen LogP contribution < -0.4 is 5.73 Å². The quantitative estimate of drug-likeness (QED) is 0.802. The van der Waals surface area contributed by atoms with Gasteiger partial charge in [-0.1, -0.05) is 19.8 Å². The van der Waals surface area contributed by atoms with E-state index in [0.29, 0.717) is 18.2 Å². The zero-order valence-corrected chi connectivity index (χ0v) is 10.8. The van der Waals surface area contributed by atoms with Crippen LogP contribution in [-0.2, 0) is 11.3 Å². The van der Waals surface area contributed by atoms with E-state index in [4.69, 9.17) is 10.5 Å². The first-order valence-corrected chi connectivity index (χ1v) is 6.76. The zero-order chi connectivity index (χ0) is 12.1. The number of aromatic nitrogens is 2. The molecule has 4 nitrogen and oxygen atoms in total. The largest absolute Gasteiger partial charge is 0.383 e. The van der Waals surface area contributed by atoms with Crippen molar-refractivity contribution >= 4 is 27.4 Å². The van der Waals surface area contributed by atoms with Gasteiger partial charge < -0.3 is 10.5 Å². The van der Waals surface area contributed by atoms with Crippen LogP contribution in [0.1, 0.15) is 32.0 Å². The average Bonchev–Trinajstić information content (AvgIpc) is 2.77. The van der Waals surface area contributed by atoms with Gasteiger partial charge in [0.25, 0.3) is 0 Å². The molecule has 2 aromatic rings. The lowest BCUT2D eigenvalue weighted by atomic mass is 10.3. The van der Waals surface area contributed by atoms with Gasteiger partial charge in [0.15, 0.2) is 5.82 Å². The molecule has 92 valence electrons. The van der Waals surface area contributed by atoms with Crippen LogP contribution in [-0.4, -0.2) is 16.6 Å². The van der Waals surface area contributed by atoms with Crippen LogP contribution in [0.15, 0.2) is 11.4 Å². The smallest absolute Gasteiger partial charge is 0.158 e. The maximum Gasteiger partial charge on any atom is 0.158 e. The first-order chi connectivity index (χ1) is 8.31. The second-order valence-corrected chi connectivity index (χ2v) is 4.82. The third kappa shape index (κ3) is 3.14. The highest BCUT2D eigenvalue weighted by molar-refractivity contribution is 7.16. The fourth-order valence-corrected chi connectivity index (χ4v) is 2.40. The molecule has 0 aliphatic heterocycles. The van der Waals surface area contributed by atoms with E-state index in [1.807, 2.05) is 11.4 Å². The molecule has 2 aromatic heterocycles. The van der Waals surface area contributed by atoms with Gasteiger partial charge in [-0.2, -0.15) is 0 Å². The van der Waals surface area contributed by atoms with Crippen molar-refractivity contribution in [1.29, 1.82) is 0 Å². The summed E-state index contributed by atoms with van der Waals surface area (Å²) in [6.45, 7) is 3.38. The van der Waals surface area contributed by atoms with E-state index in [0.717, 1.165) is 23.2 Å². The van der Waals surface area contributed by atoms with Gasteiger partial charge in [-0.25, -0.2) is 9.97 Å². The molecular formula is C12H17N3OS. The third-order valence-electron chi connectivity index (χ3n) is 2.52. The lowest BCUT2D eigenvalue weighted by Crippen LogP contribution is -2.03. The second kappa shape index (κ2) is 5.93. The second-order valence-electron chi connectivity index (χ2n) is 3.92. The van der Waals surface area contributed by atoms with Crippen molar-refractivity contribution < 1.29 is 4.74 Å². The molecule has 0 saturated carbocycles. The number of nitrogens with zero attached hydrogens (tertiary/aromatic N) is 2. The molecule has 2 heterocycles. The number of hydrogen-bond donors (Lipinski definition) is 1. The Labute approximate surface area is 105 Å². The van der Waals surface area contributed by atoms with E-state index in [1.165, 1.54) is 12.8 Å². The van der Waals surface area contributed by atoms with E-state index in [9.17, 15) is 0 Å². The Morgan fingerprint density at radius 3 is 3.06 bits per heavy atom. The molecule has 0 fully saturated rings. The lowest BCUT2D eigenvalue weighted by Gasteiger charge is -2.04. The summed E-state index contributed by atoms with van der Waals surface area (Å²) >= 11 is 1.58. The summed E-state index contributed by atoms with van der Waals surface area (Å²) in [4.78, 5) is 9.59. The summed E-state index contributed by atoms with van der Waals surface area (Å²) in [7, 11) is 0. The molecule has 2 rings (SSSR count). The van der Waals surface area contributed by atoms with Gasteiger partial charge >= 0.3 is 0 Å². The van der Waals surface area contributed by atoms with Gasteiger partial charge in [0.2, 0.25) is 0 Å². The molecular weight excluding hydrogens is 234 g/mol. The molecule has 0 aromatic carbocycles. The number of rotatable bonds is 6. The van der Waals surface area contributed by atoms with Gasteiger partial charge in [-0.15, -0.1) is 11.3 Å². The van der Waals surface area contributed by atoms with E-state index in [1.54, 1.807) is 11.3 Å². The van der Waals surface area contributed by atoms with Gasteiger partial charge in [0.05, 0.1) is 5.39 Å². The van der Waals surface area contributed by atoms with E-state index in [2.05, 4.69) is 16.9 Å². The molecule has 5 heteroatoms.